The lowest BCUT2D eigenvalue weighted by molar-refractivity contribution is -0.137. The van der Waals surface area contributed by atoms with Crippen LogP contribution in [0.2, 0.25) is 0 Å². The summed E-state index contributed by atoms with van der Waals surface area (Å²) in [6.45, 7) is 0. The summed E-state index contributed by atoms with van der Waals surface area (Å²) < 4.78 is 7.12. The zero-order valence-electron chi connectivity index (χ0n) is 13.6. The van der Waals surface area contributed by atoms with E-state index in [2.05, 4.69) is 5.10 Å². The van der Waals surface area contributed by atoms with Crippen molar-refractivity contribution in [3.05, 3.63) is 46.8 Å². The number of fused-ring (bicyclic) bond motifs is 1. The minimum Gasteiger partial charge on any atom is -0.497 e. The fraction of sp³-hybridized carbons (Fsp3) is 0.444. The fourth-order valence-electron chi connectivity index (χ4n) is 3.55. The average molecular weight is 314 g/mol. The molecule has 0 bridgehead atoms. The number of carboxylic acid groups (broad SMARTS) is 1. The molecule has 23 heavy (non-hydrogen) atoms. The molecule has 0 amide bonds. The molecule has 0 spiro atoms. The van der Waals surface area contributed by atoms with Crippen LogP contribution in [0.4, 0.5) is 0 Å². The van der Waals surface area contributed by atoms with Crippen molar-refractivity contribution in [2.75, 3.05) is 7.11 Å². The molecular weight excluding hydrogens is 292 g/mol. The molecule has 5 heteroatoms. The second kappa shape index (κ2) is 6.44. The van der Waals surface area contributed by atoms with Crippen LogP contribution in [0.25, 0.3) is 0 Å². The summed E-state index contributed by atoms with van der Waals surface area (Å²) in [7, 11) is 3.61. The second-order valence-electron chi connectivity index (χ2n) is 6.14. The first-order chi connectivity index (χ1) is 11.1. The Morgan fingerprint density at radius 2 is 2.13 bits per heavy atom. The lowest BCUT2D eigenvalue weighted by Crippen LogP contribution is -2.15. The summed E-state index contributed by atoms with van der Waals surface area (Å²) in [6, 6.07) is 7.96. The van der Waals surface area contributed by atoms with E-state index in [4.69, 9.17) is 4.74 Å². The third kappa shape index (κ3) is 3.23. The molecule has 0 radical (unpaired) electrons. The molecule has 1 atom stereocenters. The molecule has 0 aliphatic heterocycles. The van der Waals surface area contributed by atoms with Gasteiger partial charge in [-0.1, -0.05) is 12.1 Å². The van der Waals surface area contributed by atoms with Gasteiger partial charge in [0.05, 0.1) is 19.2 Å². The van der Waals surface area contributed by atoms with Crippen LogP contribution < -0.4 is 4.74 Å². The Morgan fingerprint density at radius 3 is 2.78 bits per heavy atom. The molecule has 0 saturated carbocycles. The van der Waals surface area contributed by atoms with Gasteiger partial charge in [-0.2, -0.15) is 5.10 Å². The Labute approximate surface area is 135 Å². The molecule has 1 aromatic carbocycles. The van der Waals surface area contributed by atoms with Crippen molar-refractivity contribution in [3.8, 4) is 5.75 Å². The van der Waals surface area contributed by atoms with Crippen molar-refractivity contribution in [2.24, 2.45) is 7.05 Å². The van der Waals surface area contributed by atoms with Crippen molar-refractivity contribution < 1.29 is 14.6 Å². The maximum Gasteiger partial charge on any atom is 0.303 e. The number of carboxylic acids is 1. The maximum absolute atomic E-state index is 11.2. The number of hydrogen-bond donors (Lipinski definition) is 1. The van der Waals surface area contributed by atoms with E-state index >= 15 is 0 Å². The van der Waals surface area contributed by atoms with Gasteiger partial charge >= 0.3 is 5.97 Å². The van der Waals surface area contributed by atoms with Gasteiger partial charge in [-0.3, -0.25) is 9.48 Å². The van der Waals surface area contributed by atoms with E-state index in [1.165, 1.54) is 5.69 Å². The van der Waals surface area contributed by atoms with Gasteiger partial charge in [0.15, 0.2) is 0 Å². The van der Waals surface area contributed by atoms with Crippen LogP contribution in [0.5, 0.6) is 5.75 Å². The number of aromatic nitrogens is 2. The molecule has 1 aliphatic rings. The standard InChI is InChI=1S/C18H22N2O3/c1-20-16-5-3-4-13(11-17(21)22)18(16)15(19-20)10-12-6-8-14(23-2)9-7-12/h6-9,13H,3-5,10-11H2,1-2H3,(H,21,22). The molecule has 1 unspecified atom stereocenters. The number of aryl methyl sites for hydroxylation is 1. The van der Waals surface area contributed by atoms with E-state index < -0.39 is 5.97 Å². The molecular formula is C18H22N2O3. The Bertz CT molecular complexity index is 704. The lowest BCUT2D eigenvalue weighted by atomic mass is 9.82. The SMILES string of the molecule is COc1ccc(Cc2nn(C)c3c2C(CC(=O)O)CCC3)cc1. The first kappa shape index (κ1) is 15.6. The minimum absolute atomic E-state index is 0.0817. The van der Waals surface area contributed by atoms with E-state index in [0.29, 0.717) is 0 Å². The highest BCUT2D eigenvalue weighted by Gasteiger charge is 2.29. The number of methoxy groups -OCH3 is 1. The molecule has 0 fully saturated rings. The van der Waals surface area contributed by atoms with Crippen molar-refractivity contribution in [3.63, 3.8) is 0 Å². The molecule has 122 valence electrons. The Kier molecular flexibility index (Phi) is 4.37. The van der Waals surface area contributed by atoms with Crippen LogP contribution in [-0.4, -0.2) is 28.0 Å². The van der Waals surface area contributed by atoms with Crippen LogP contribution in [0.1, 0.15) is 47.7 Å². The number of hydrogen-bond acceptors (Lipinski definition) is 3. The highest BCUT2D eigenvalue weighted by Crippen LogP contribution is 2.37. The molecule has 0 saturated heterocycles. The van der Waals surface area contributed by atoms with Crippen LogP contribution in [0.3, 0.4) is 0 Å². The first-order valence-corrected chi connectivity index (χ1v) is 7.98. The molecule has 1 heterocycles. The van der Waals surface area contributed by atoms with Crippen molar-refractivity contribution in [1.29, 1.82) is 0 Å². The third-order valence-corrected chi connectivity index (χ3v) is 4.61. The molecule has 1 aliphatic carbocycles. The maximum atomic E-state index is 11.2. The second-order valence-corrected chi connectivity index (χ2v) is 6.14. The van der Waals surface area contributed by atoms with E-state index in [1.54, 1.807) is 7.11 Å². The van der Waals surface area contributed by atoms with E-state index in [-0.39, 0.29) is 12.3 Å². The first-order valence-electron chi connectivity index (χ1n) is 7.98. The van der Waals surface area contributed by atoms with Gasteiger partial charge in [-0.15, -0.1) is 0 Å². The smallest absolute Gasteiger partial charge is 0.303 e. The highest BCUT2D eigenvalue weighted by molar-refractivity contribution is 5.68. The number of aliphatic carboxylic acids is 1. The number of ether oxygens (including phenoxy) is 1. The normalized spacial score (nSPS) is 16.9. The van der Waals surface area contributed by atoms with Gasteiger partial charge in [0.25, 0.3) is 0 Å². The van der Waals surface area contributed by atoms with Gasteiger partial charge in [0.1, 0.15) is 5.75 Å². The van der Waals surface area contributed by atoms with Gasteiger partial charge in [-0.05, 0) is 42.9 Å². The largest absolute Gasteiger partial charge is 0.497 e. The van der Waals surface area contributed by atoms with Gasteiger partial charge in [0.2, 0.25) is 0 Å². The Morgan fingerprint density at radius 1 is 1.39 bits per heavy atom. The average Bonchev–Trinajstić information content (AvgIpc) is 2.85. The number of benzene rings is 1. The predicted octanol–water partition coefficient (Wildman–Crippen LogP) is 2.91. The minimum atomic E-state index is -0.734. The quantitative estimate of drug-likeness (QED) is 0.921. The summed E-state index contributed by atoms with van der Waals surface area (Å²) in [5.74, 6) is 0.181. The monoisotopic (exact) mass is 314 g/mol. The summed E-state index contributed by atoms with van der Waals surface area (Å²) in [4.78, 5) is 11.2. The fourth-order valence-corrected chi connectivity index (χ4v) is 3.55. The van der Waals surface area contributed by atoms with Gasteiger partial charge in [-0.25, -0.2) is 0 Å². The predicted molar refractivity (Wildman–Crippen MR) is 86.9 cm³/mol. The lowest BCUT2D eigenvalue weighted by Gasteiger charge is -2.22. The summed E-state index contributed by atoms with van der Waals surface area (Å²) in [6.07, 6.45) is 3.86. The van der Waals surface area contributed by atoms with Crippen molar-refractivity contribution in [2.45, 2.75) is 38.0 Å². The zero-order chi connectivity index (χ0) is 16.4. The van der Waals surface area contributed by atoms with Crippen molar-refractivity contribution in [1.82, 2.24) is 9.78 Å². The third-order valence-electron chi connectivity index (χ3n) is 4.61. The van der Waals surface area contributed by atoms with Gasteiger partial charge in [0, 0.05) is 24.7 Å². The van der Waals surface area contributed by atoms with E-state index in [1.807, 2.05) is 36.0 Å². The van der Waals surface area contributed by atoms with E-state index in [0.717, 1.165) is 48.3 Å². The van der Waals surface area contributed by atoms with Gasteiger partial charge < -0.3 is 9.84 Å². The van der Waals surface area contributed by atoms with Crippen LogP contribution >= 0.6 is 0 Å². The van der Waals surface area contributed by atoms with Crippen LogP contribution in [-0.2, 0) is 24.7 Å². The molecule has 1 aromatic heterocycles. The number of rotatable bonds is 5. The Hall–Kier alpha value is -2.30. The molecule has 5 nitrogen and oxygen atoms in total. The highest BCUT2D eigenvalue weighted by atomic mass is 16.5. The summed E-state index contributed by atoms with van der Waals surface area (Å²) >= 11 is 0. The topological polar surface area (TPSA) is 64.4 Å². The number of carbonyl (C=O) groups is 1. The summed E-state index contributed by atoms with van der Waals surface area (Å²) in [5.41, 5.74) is 4.54. The van der Waals surface area contributed by atoms with Crippen LogP contribution in [0.15, 0.2) is 24.3 Å². The molecule has 2 aromatic rings. The van der Waals surface area contributed by atoms with Crippen LogP contribution in [0, 0.1) is 0 Å². The molecule has 3 rings (SSSR count). The number of nitrogens with zero attached hydrogens (tertiary/aromatic N) is 2. The van der Waals surface area contributed by atoms with Crippen molar-refractivity contribution >= 4 is 5.97 Å². The zero-order valence-corrected chi connectivity index (χ0v) is 13.6. The molecule has 1 N–H and O–H groups in total. The van der Waals surface area contributed by atoms with E-state index in [9.17, 15) is 9.90 Å². The summed E-state index contributed by atoms with van der Waals surface area (Å²) in [5, 5.41) is 13.9. The Balaban J connectivity index is 1.91.